The summed E-state index contributed by atoms with van der Waals surface area (Å²) in [7, 11) is 0. The molecule has 1 N–H and O–H groups in total. The molecule has 0 unspecified atom stereocenters. The van der Waals surface area contributed by atoms with E-state index in [4.69, 9.17) is 19.4 Å². The summed E-state index contributed by atoms with van der Waals surface area (Å²) < 4.78 is 12.2. The number of rotatable bonds is 5. The molecule has 0 bridgehead atoms. The lowest BCUT2D eigenvalue weighted by molar-refractivity contribution is 0.108. The van der Waals surface area contributed by atoms with Crippen molar-refractivity contribution in [3.63, 3.8) is 0 Å². The van der Waals surface area contributed by atoms with E-state index in [1.165, 1.54) is 38.8 Å². The molecule has 3 fully saturated rings. The number of aromatic amines is 1. The molecule has 3 aliphatic rings. The van der Waals surface area contributed by atoms with Crippen LogP contribution in [0.25, 0.3) is 32.9 Å². The van der Waals surface area contributed by atoms with E-state index in [0.29, 0.717) is 19.2 Å². The average Bonchev–Trinajstić information content (AvgIpc) is 3.59. The molecule has 3 saturated heterocycles. The molecule has 2 aromatic heterocycles. The highest BCUT2D eigenvalue weighted by Crippen LogP contribution is 2.40. The van der Waals surface area contributed by atoms with E-state index in [1.807, 2.05) is 6.20 Å². The van der Waals surface area contributed by atoms with Crippen LogP contribution in [0.1, 0.15) is 37.7 Å². The van der Waals surface area contributed by atoms with Gasteiger partial charge in [-0.05, 0) is 80.9 Å². The number of benzene rings is 2. The fourth-order valence-corrected chi connectivity index (χ4v) is 6.71. The van der Waals surface area contributed by atoms with Crippen LogP contribution in [0.4, 0.5) is 5.82 Å². The number of aryl methyl sites for hydroxylation is 1. The molecule has 3 aliphatic heterocycles. The van der Waals surface area contributed by atoms with E-state index in [2.05, 4.69) is 57.3 Å². The van der Waals surface area contributed by atoms with Gasteiger partial charge in [0.05, 0.1) is 29.4 Å². The molecular formula is C29H34N6O2. The van der Waals surface area contributed by atoms with Crippen LogP contribution in [0, 0.1) is 6.92 Å². The van der Waals surface area contributed by atoms with Gasteiger partial charge in [-0.1, -0.05) is 18.2 Å². The first-order chi connectivity index (χ1) is 18.2. The number of fused-ring (bicyclic) bond motifs is 3. The van der Waals surface area contributed by atoms with Gasteiger partial charge in [0.25, 0.3) is 0 Å². The van der Waals surface area contributed by atoms with Crippen LogP contribution in [0.15, 0.2) is 36.5 Å². The summed E-state index contributed by atoms with van der Waals surface area (Å²) in [6.07, 6.45) is 7.80. The molecule has 192 valence electrons. The van der Waals surface area contributed by atoms with Crippen molar-refractivity contribution < 1.29 is 9.47 Å². The van der Waals surface area contributed by atoms with Gasteiger partial charge in [0.15, 0.2) is 0 Å². The third-order valence-corrected chi connectivity index (χ3v) is 8.66. The first kappa shape index (κ1) is 22.9. The van der Waals surface area contributed by atoms with Crippen LogP contribution in [0.5, 0.6) is 6.01 Å². The number of hydrogen-bond donors (Lipinski definition) is 1. The summed E-state index contributed by atoms with van der Waals surface area (Å²) in [4.78, 5) is 15.0. The van der Waals surface area contributed by atoms with E-state index in [1.54, 1.807) is 0 Å². The van der Waals surface area contributed by atoms with Crippen LogP contribution >= 0.6 is 0 Å². The molecule has 0 aliphatic carbocycles. The van der Waals surface area contributed by atoms with Gasteiger partial charge in [0.1, 0.15) is 12.4 Å². The fraction of sp³-hybridized carbons (Fsp3) is 0.483. The lowest BCUT2D eigenvalue weighted by Gasteiger charge is -2.31. The van der Waals surface area contributed by atoms with Gasteiger partial charge in [-0.3, -0.25) is 10.00 Å². The molecule has 8 nitrogen and oxygen atoms in total. The topological polar surface area (TPSA) is 79.4 Å². The van der Waals surface area contributed by atoms with Crippen molar-refractivity contribution in [3.05, 3.63) is 42.1 Å². The van der Waals surface area contributed by atoms with Crippen molar-refractivity contribution in [1.82, 2.24) is 25.1 Å². The van der Waals surface area contributed by atoms with E-state index < -0.39 is 0 Å². The van der Waals surface area contributed by atoms with Crippen LogP contribution < -0.4 is 9.64 Å². The zero-order chi connectivity index (χ0) is 24.8. The van der Waals surface area contributed by atoms with Crippen LogP contribution in [0.3, 0.4) is 0 Å². The Morgan fingerprint density at radius 2 is 1.84 bits per heavy atom. The molecule has 0 amide bonds. The maximum Gasteiger partial charge on any atom is 0.319 e. The summed E-state index contributed by atoms with van der Waals surface area (Å²) in [5.41, 5.74) is 5.59. The Kier molecular flexibility index (Phi) is 5.74. The van der Waals surface area contributed by atoms with Gasteiger partial charge < -0.3 is 14.4 Å². The van der Waals surface area contributed by atoms with E-state index >= 15 is 0 Å². The molecule has 2 aromatic carbocycles. The summed E-state index contributed by atoms with van der Waals surface area (Å²) >= 11 is 0. The van der Waals surface area contributed by atoms with Gasteiger partial charge in [0, 0.05) is 30.5 Å². The highest BCUT2D eigenvalue weighted by molar-refractivity contribution is 6.01. The Morgan fingerprint density at radius 3 is 2.73 bits per heavy atom. The highest BCUT2D eigenvalue weighted by atomic mass is 16.5. The third kappa shape index (κ3) is 3.94. The third-order valence-electron chi connectivity index (χ3n) is 8.66. The van der Waals surface area contributed by atoms with Crippen molar-refractivity contribution in [1.29, 1.82) is 0 Å². The molecule has 37 heavy (non-hydrogen) atoms. The number of aromatic nitrogens is 4. The minimum absolute atomic E-state index is 0.156. The number of hydrogen-bond acceptors (Lipinski definition) is 7. The minimum Gasteiger partial charge on any atom is -0.461 e. The maximum absolute atomic E-state index is 6.49. The summed E-state index contributed by atoms with van der Waals surface area (Å²) in [6.45, 7) is 8.42. The first-order valence-corrected chi connectivity index (χ1v) is 13.7. The molecule has 4 aromatic rings. The van der Waals surface area contributed by atoms with Crippen molar-refractivity contribution in [2.75, 3.05) is 50.9 Å². The second-order valence-corrected chi connectivity index (χ2v) is 10.8. The number of H-pyrrole nitrogens is 1. The second kappa shape index (κ2) is 9.26. The Morgan fingerprint density at radius 1 is 0.946 bits per heavy atom. The molecule has 0 atom stereocenters. The van der Waals surface area contributed by atoms with Crippen LogP contribution in [0.2, 0.25) is 0 Å². The molecule has 0 radical (unpaired) electrons. The molecule has 8 heteroatoms. The van der Waals surface area contributed by atoms with Crippen molar-refractivity contribution in [2.24, 2.45) is 0 Å². The van der Waals surface area contributed by atoms with Gasteiger partial charge >= 0.3 is 6.01 Å². The molecule has 0 spiro atoms. The number of anilines is 1. The van der Waals surface area contributed by atoms with Gasteiger partial charge in [-0.25, -0.2) is 0 Å². The normalized spacial score (nSPS) is 20.0. The molecule has 0 saturated carbocycles. The van der Waals surface area contributed by atoms with Crippen molar-refractivity contribution >= 4 is 27.6 Å². The molecular weight excluding hydrogens is 464 g/mol. The summed E-state index contributed by atoms with van der Waals surface area (Å²) in [5, 5.41) is 9.55. The second-order valence-electron chi connectivity index (χ2n) is 10.8. The lowest BCUT2D eigenvalue weighted by atomic mass is 9.95. The van der Waals surface area contributed by atoms with Gasteiger partial charge in [-0.2, -0.15) is 15.1 Å². The molecule has 7 rings (SSSR count). The Hall–Kier alpha value is -3.23. The van der Waals surface area contributed by atoms with Crippen LogP contribution in [-0.2, 0) is 4.74 Å². The Balaban J connectivity index is 1.33. The quantitative estimate of drug-likeness (QED) is 0.427. The lowest BCUT2D eigenvalue weighted by Crippen LogP contribution is -2.43. The Bertz CT molecular complexity index is 1430. The van der Waals surface area contributed by atoms with Crippen LogP contribution in [-0.4, -0.2) is 76.6 Å². The largest absolute Gasteiger partial charge is 0.461 e. The number of nitrogens with one attached hydrogen (secondary N) is 1. The van der Waals surface area contributed by atoms with E-state index in [-0.39, 0.29) is 5.54 Å². The summed E-state index contributed by atoms with van der Waals surface area (Å²) in [5.74, 6) is 0.953. The van der Waals surface area contributed by atoms with E-state index in [0.717, 1.165) is 70.4 Å². The zero-order valence-corrected chi connectivity index (χ0v) is 21.5. The highest BCUT2D eigenvalue weighted by Gasteiger charge is 2.45. The minimum atomic E-state index is 0.156. The van der Waals surface area contributed by atoms with Gasteiger partial charge in [0.2, 0.25) is 0 Å². The summed E-state index contributed by atoms with van der Waals surface area (Å²) in [6, 6.07) is 11.2. The average molecular weight is 499 g/mol. The SMILES string of the molecule is Cc1c(-c2cccc3[nH]ncc23)ccc2c(N3CCCOCC3)nc(OCC34CCCN3CCC4)nc12. The van der Waals surface area contributed by atoms with Gasteiger partial charge in [-0.15, -0.1) is 0 Å². The first-order valence-electron chi connectivity index (χ1n) is 13.7. The number of ether oxygens (including phenoxy) is 2. The maximum atomic E-state index is 6.49. The van der Waals surface area contributed by atoms with E-state index in [9.17, 15) is 0 Å². The fourth-order valence-electron chi connectivity index (χ4n) is 6.71. The smallest absolute Gasteiger partial charge is 0.319 e. The Labute approximate surface area is 217 Å². The monoisotopic (exact) mass is 498 g/mol. The van der Waals surface area contributed by atoms with Crippen molar-refractivity contribution in [3.8, 4) is 17.1 Å². The predicted molar refractivity (Wildman–Crippen MR) is 145 cm³/mol. The number of nitrogens with zero attached hydrogens (tertiary/aromatic N) is 5. The standard InChI is InChI=1S/C29H34N6O2/c1-20-21(22-6-2-7-25-24(22)18-30-33-25)8-9-23-26(20)31-28(32-27(23)34-12-5-16-36-17-15-34)37-19-29-10-3-13-35(29)14-4-11-29/h2,6-9,18H,3-5,10-17,19H2,1H3,(H,30,33). The zero-order valence-electron chi connectivity index (χ0n) is 21.5. The molecule has 5 heterocycles. The van der Waals surface area contributed by atoms with Crippen molar-refractivity contribution in [2.45, 2.75) is 44.6 Å². The predicted octanol–water partition coefficient (Wildman–Crippen LogP) is 4.72.